The van der Waals surface area contributed by atoms with Crippen molar-refractivity contribution >= 4 is 57.1 Å². The number of fused-ring (bicyclic) bond motifs is 2. The third kappa shape index (κ3) is 7.46. The molecule has 0 aliphatic rings. The van der Waals surface area contributed by atoms with E-state index in [1.54, 1.807) is 0 Å². The number of pyridine rings is 2. The number of aliphatic hydroxyl groups excluding tert-OH is 1. The predicted octanol–water partition coefficient (Wildman–Crippen LogP) is 10.0. The van der Waals surface area contributed by atoms with Gasteiger partial charge in [-0.1, -0.05) is 104 Å². The number of ketones is 1. The minimum absolute atomic E-state index is 0. The summed E-state index contributed by atoms with van der Waals surface area (Å²) in [6.45, 7) is 21.8. The summed E-state index contributed by atoms with van der Waals surface area (Å²) in [6.07, 6.45) is 9.50. The molecule has 239 valence electrons. The van der Waals surface area contributed by atoms with Crippen molar-refractivity contribution in [2.24, 2.45) is 17.3 Å². The van der Waals surface area contributed by atoms with Gasteiger partial charge in [0.2, 0.25) is 0 Å². The first-order valence-electron chi connectivity index (χ1n) is 17.0. The number of allylic oxidation sites excluding steroid dienone is 2. The average Bonchev–Trinajstić information content (AvgIpc) is 3.36. The van der Waals surface area contributed by atoms with E-state index in [2.05, 4.69) is 86.3 Å². The summed E-state index contributed by atoms with van der Waals surface area (Å²) < 4.78 is 19.0. The van der Waals surface area contributed by atoms with Gasteiger partial charge in [-0.15, -0.1) is 16.6 Å². The number of carbonyl (C=O) groups excluding carboxylic acids is 1. The van der Waals surface area contributed by atoms with E-state index in [0.29, 0.717) is 0 Å². The minimum Gasteiger partial charge on any atom is -0.512 e. The van der Waals surface area contributed by atoms with Crippen molar-refractivity contribution in [2.75, 3.05) is 0 Å². The van der Waals surface area contributed by atoms with Gasteiger partial charge in [-0.3, -0.25) is 9.78 Å². The van der Waals surface area contributed by atoms with Crippen molar-refractivity contribution in [3.05, 3.63) is 66.1 Å². The molecule has 2 aromatic carbocycles. The number of hydrogen-bond acceptors (Lipinski definition) is 3. The molecule has 5 aromatic rings. The van der Waals surface area contributed by atoms with Gasteiger partial charge in [-0.05, 0) is 70.7 Å². The van der Waals surface area contributed by atoms with Crippen LogP contribution >= 0.6 is 0 Å². The summed E-state index contributed by atoms with van der Waals surface area (Å²) in [5.41, 5.74) is 3.24. The molecule has 0 amide bonds. The van der Waals surface area contributed by atoms with E-state index in [9.17, 15) is 9.90 Å². The zero-order chi connectivity index (χ0) is 33.4. The van der Waals surface area contributed by atoms with Gasteiger partial charge in [-0.2, -0.15) is 0 Å². The maximum absolute atomic E-state index is 11.7. The van der Waals surface area contributed by atoms with Gasteiger partial charge in [-0.25, -0.2) is 0 Å². The number of carbonyl (C=O) groups is 1. The normalized spacial score (nSPS) is 13.5. The molecular formula is C38H51IrN2O2Si-. The van der Waals surface area contributed by atoms with Crippen LogP contribution in [0.4, 0.5) is 0 Å². The molecule has 0 spiro atoms. The zero-order valence-corrected chi connectivity index (χ0v) is 31.6. The Morgan fingerprint density at radius 1 is 1.02 bits per heavy atom. The molecule has 44 heavy (non-hydrogen) atoms. The second-order valence-electron chi connectivity index (χ2n) is 14.2. The van der Waals surface area contributed by atoms with Crippen LogP contribution in [0.25, 0.3) is 38.1 Å². The van der Waals surface area contributed by atoms with Gasteiger partial charge in [0.15, 0.2) is 5.78 Å². The summed E-state index contributed by atoms with van der Waals surface area (Å²) in [7, 11) is -1.63. The largest absolute Gasteiger partial charge is 0.512 e. The van der Waals surface area contributed by atoms with Crippen LogP contribution in [0.3, 0.4) is 0 Å². The topological polar surface area (TPSA) is 54.6 Å². The van der Waals surface area contributed by atoms with Crippen molar-refractivity contribution in [1.82, 2.24) is 9.38 Å². The van der Waals surface area contributed by atoms with E-state index in [-0.39, 0.29) is 61.1 Å². The van der Waals surface area contributed by atoms with E-state index in [1.807, 2.05) is 27.7 Å². The fourth-order valence-electron chi connectivity index (χ4n) is 6.27. The van der Waals surface area contributed by atoms with Gasteiger partial charge in [0, 0.05) is 44.2 Å². The number of nitrogens with zero attached hydrogens (tertiary/aromatic N) is 2. The Morgan fingerprint density at radius 2 is 1.64 bits per heavy atom. The number of para-hydroxylation sites is 1. The molecule has 4 nitrogen and oxygen atoms in total. The van der Waals surface area contributed by atoms with Crippen molar-refractivity contribution in [3.63, 3.8) is 0 Å². The van der Waals surface area contributed by atoms with Gasteiger partial charge in [0.25, 0.3) is 0 Å². The molecule has 1 radical (unpaired) electrons. The molecule has 0 aliphatic carbocycles. The Kier molecular flexibility index (Phi) is 10.7. The Bertz CT molecular complexity index is 1860. The number of rotatable bonds is 9. The van der Waals surface area contributed by atoms with Crippen molar-refractivity contribution in [1.29, 1.82) is 0 Å². The van der Waals surface area contributed by atoms with E-state index >= 15 is 0 Å². The molecule has 0 saturated carbocycles. The second kappa shape index (κ2) is 14.3. The first-order chi connectivity index (χ1) is 21.1. The Labute approximate surface area is 281 Å². The molecule has 5 rings (SSSR count). The number of hydrogen-bond donors (Lipinski definition) is 1. The molecule has 0 atom stereocenters. The molecule has 6 heteroatoms. The molecule has 0 bridgehead atoms. The van der Waals surface area contributed by atoms with Crippen molar-refractivity contribution < 1.29 is 32.7 Å². The van der Waals surface area contributed by atoms with E-state index in [4.69, 9.17) is 2.74 Å². The average molecular weight is 790 g/mol. The van der Waals surface area contributed by atoms with Gasteiger partial charge >= 0.3 is 0 Å². The molecule has 0 fully saturated rings. The summed E-state index contributed by atoms with van der Waals surface area (Å²) in [5.74, 6) is 0.547. The first kappa shape index (κ1) is 32.8. The van der Waals surface area contributed by atoms with Crippen LogP contribution in [0.2, 0.25) is 19.6 Å². The van der Waals surface area contributed by atoms with Crippen molar-refractivity contribution in [3.8, 4) is 0 Å². The molecule has 3 heterocycles. The summed E-state index contributed by atoms with van der Waals surface area (Å²) in [5, 5.41) is 16.4. The molecule has 0 saturated heterocycles. The Balaban J connectivity index is 0.000000309. The number of aliphatic hydroxyl groups is 1. The Hall–Kier alpha value is -2.53. The summed E-state index contributed by atoms with van der Waals surface area (Å²) in [6, 6.07) is 11.1. The molecule has 1 N–H and O–H groups in total. The third-order valence-corrected chi connectivity index (χ3v) is 10.5. The maximum atomic E-state index is 11.7. The van der Waals surface area contributed by atoms with Crippen LogP contribution in [-0.2, 0) is 31.3 Å². The monoisotopic (exact) mass is 790 g/mol. The van der Waals surface area contributed by atoms with Crippen molar-refractivity contribution in [2.45, 2.75) is 100 Å². The van der Waals surface area contributed by atoms with E-state index in [0.717, 1.165) is 59.4 Å². The second-order valence-corrected chi connectivity index (χ2v) is 19.2. The molecule has 0 aliphatic heterocycles. The molecule has 0 unspecified atom stereocenters. The minimum atomic E-state index is -1.63. The zero-order valence-electron chi connectivity index (χ0n) is 30.2. The van der Waals surface area contributed by atoms with E-state index in [1.165, 1.54) is 27.6 Å². The van der Waals surface area contributed by atoms with Gasteiger partial charge in [0.1, 0.15) is 0 Å². The van der Waals surface area contributed by atoms with Gasteiger partial charge in [0.05, 0.1) is 22.2 Å². The van der Waals surface area contributed by atoms with Crippen LogP contribution in [0, 0.1) is 23.4 Å². The fourth-order valence-corrected chi connectivity index (χ4v) is 7.73. The fraction of sp³-hybridized carbons (Fsp3) is 0.474. The van der Waals surface area contributed by atoms with Crippen LogP contribution in [-0.4, -0.2) is 28.3 Å². The quantitative estimate of drug-likeness (QED) is 0.0404. The standard InChI is InChI=1S/C25H27N2Si.C13H24O2.Ir/c1-25(2,3)14-16-12-17-10-11-26-24-22(17)20(13-16)18-8-7-9-19-21(28(4,5)6)15-27(24)23(18)19;1-5-10(6-2)12(14)9-13(15)11(7-3)8-4;/h7-13H,14H2,1-6H3;9-11,14H,5-8H2,1-4H3;/q-1;;/b;12-9-;/i10D,11D;;. The Morgan fingerprint density at radius 3 is 2.20 bits per heavy atom. The van der Waals surface area contributed by atoms with E-state index < -0.39 is 8.07 Å². The third-order valence-electron chi connectivity index (χ3n) is 8.60. The van der Waals surface area contributed by atoms with Crippen LogP contribution in [0.5, 0.6) is 0 Å². The van der Waals surface area contributed by atoms with Crippen LogP contribution in [0.1, 0.15) is 82.5 Å². The maximum Gasteiger partial charge on any atom is 0.162 e. The SMILES string of the molecule is CCC(CC)C(=O)/C=C(\O)C(CC)CC.[2H]c1nc2c3c(cc(CC(C)(C)C)cc3c3cccc4c([Si](C)(C)C)[c-]n2c43)c1[2H].[Ir]. The number of benzene rings is 2. The summed E-state index contributed by atoms with van der Waals surface area (Å²) in [4.78, 5) is 16.3. The smallest absolute Gasteiger partial charge is 0.162 e. The van der Waals surface area contributed by atoms with Crippen LogP contribution < -0.4 is 5.19 Å². The number of aromatic nitrogens is 2. The predicted molar refractivity (Wildman–Crippen MR) is 188 cm³/mol. The molecule has 3 aromatic heterocycles. The van der Waals surface area contributed by atoms with Crippen LogP contribution in [0.15, 0.2) is 54.4 Å². The summed E-state index contributed by atoms with van der Waals surface area (Å²) >= 11 is 0. The molecular weight excluding hydrogens is 737 g/mol. The van der Waals surface area contributed by atoms with Gasteiger partial charge < -0.3 is 9.51 Å². The first-order valence-corrected chi connectivity index (χ1v) is 19.5.